The Bertz CT molecular complexity index is 738. The van der Waals surface area contributed by atoms with Crippen molar-refractivity contribution in [3.8, 4) is 5.75 Å². The van der Waals surface area contributed by atoms with Crippen LogP contribution in [-0.4, -0.2) is 59.8 Å². The van der Waals surface area contributed by atoms with Gasteiger partial charge in [-0.1, -0.05) is 11.8 Å². The molecule has 0 N–H and O–H groups in total. The van der Waals surface area contributed by atoms with Crippen molar-refractivity contribution in [2.24, 2.45) is 0 Å². The Morgan fingerprint density at radius 1 is 1.08 bits per heavy atom. The first kappa shape index (κ1) is 18.5. The van der Waals surface area contributed by atoms with Gasteiger partial charge in [-0.3, -0.25) is 4.79 Å². The third-order valence-corrected chi connectivity index (χ3v) is 5.19. The highest BCUT2D eigenvalue weighted by molar-refractivity contribution is 7.99. The number of piperazine rings is 1. The molecular weight excluding hydrogens is 348 g/mol. The van der Waals surface area contributed by atoms with Crippen LogP contribution in [0.15, 0.2) is 35.5 Å². The summed E-state index contributed by atoms with van der Waals surface area (Å²) in [5, 5.41) is 0.674. The number of nitrogens with zero attached hydrogens (tertiary/aromatic N) is 4. The topological polar surface area (TPSA) is 58.6 Å². The van der Waals surface area contributed by atoms with E-state index in [-0.39, 0.29) is 5.91 Å². The molecule has 1 saturated heterocycles. The number of thioether (sulfide) groups is 1. The fourth-order valence-corrected chi connectivity index (χ4v) is 3.84. The molecule has 0 unspecified atom stereocenters. The second kappa shape index (κ2) is 8.40. The molecule has 1 fully saturated rings. The van der Waals surface area contributed by atoms with E-state index in [1.165, 1.54) is 11.8 Å². The van der Waals surface area contributed by atoms with E-state index in [2.05, 4.69) is 27.0 Å². The van der Waals surface area contributed by atoms with Crippen LogP contribution >= 0.6 is 11.8 Å². The monoisotopic (exact) mass is 372 g/mol. The predicted molar refractivity (Wildman–Crippen MR) is 104 cm³/mol. The molecule has 0 atom stereocenters. The van der Waals surface area contributed by atoms with Gasteiger partial charge in [0.1, 0.15) is 5.75 Å². The Morgan fingerprint density at radius 2 is 1.69 bits per heavy atom. The first-order valence-electron chi connectivity index (χ1n) is 8.67. The van der Waals surface area contributed by atoms with Gasteiger partial charge in [-0.2, -0.15) is 0 Å². The lowest BCUT2D eigenvalue weighted by atomic mass is 10.2. The van der Waals surface area contributed by atoms with Gasteiger partial charge < -0.3 is 14.5 Å². The number of anilines is 1. The molecule has 0 radical (unpaired) electrons. The highest BCUT2D eigenvalue weighted by Gasteiger charge is 2.21. The van der Waals surface area contributed by atoms with Crippen molar-refractivity contribution in [3.63, 3.8) is 0 Å². The molecule has 1 aliphatic rings. The van der Waals surface area contributed by atoms with Crippen LogP contribution in [0.4, 0.5) is 5.69 Å². The summed E-state index contributed by atoms with van der Waals surface area (Å²) in [6, 6.07) is 9.98. The summed E-state index contributed by atoms with van der Waals surface area (Å²) < 4.78 is 5.20. The standard InChI is InChI=1S/C19H24N4O2S/c1-14-12-15(2)21-19(20-14)26-13-18(24)23-10-8-22(9-11-23)16-4-6-17(25-3)7-5-16/h4-7,12H,8-11,13H2,1-3H3. The average molecular weight is 372 g/mol. The van der Waals surface area contributed by atoms with E-state index >= 15 is 0 Å². The van der Waals surface area contributed by atoms with Crippen LogP contribution in [0.25, 0.3) is 0 Å². The normalized spacial score (nSPS) is 14.4. The van der Waals surface area contributed by atoms with E-state index in [1.54, 1.807) is 7.11 Å². The average Bonchev–Trinajstić information content (AvgIpc) is 2.65. The molecule has 0 saturated carbocycles. The molecule has 6 nitrogen and oxygen atoms in total. The van der Waals surface area contributed by atoms with E-state index < -0.39 is 0 Å². The number of carbonyl (C=O) groups is 1. The number of carbonyl (C=O) groups excluding carboxylic acids is 1. The van der Waals surface area contributed by atoms with Crippen molar-refractivity contribution in [1.29, 1.82) is 0 Å². The number of hydrogen-bond acceptors (Lipinski definition) is 6. The summed E-state index contributed by atoms with van der Waals surface area (Å²) in [6.07, 6.45) is 0. The van der Waals surface area contributed by atoms with Gasteiger partial charge in [0.2, 0.25) is 5.91 Å². The lowest BCUT2D eigenvalue weighted by Crippen LogP contribution is -2.49. The number of amides is 1. The van der Waals surface area contributed by atoms with Gasteiger partial charge in [-0.05, 0) is 44.2 Å². The van der Waals surface area contributed by atoms with Gasteiger partial charge in [0.25, 0.3) is 0 Å². The van der Waals surface area contributed by atoms with Crippen molar-refractivity contribution >= 4 is 23.4 Å². The van der Waals surface area contributed by atoms with E-state index in [0.717, 1.165) is 49.0 Å². The zero-order valence-electron chi connectivity index (χ0n) is 15.4. The van der Waals surface area contributed by atoms with E-state index in [4.69, 9.17) is 4.74 Å². The number of ether oxygens (including phenoxy) is 1. The van der Waals surface area contributed by atoms with Crippen molar-refractivity contribution in [2.45, 2.75) is 19.0 Å². The summed E-state index contributed by atoms with van der Waals surface area (Å²) in [5.41, 5.74) is 3.03. The van der Waals surface area contributed by atoms with Crippen LogP contribution in [0.3, 0.4) is 0 Å². The van der Waals surface area contributed by atoms with Crippen LogP contribution in [-0.2, 0) is 4.79 Å². The molecule has 0 spiro atoms. The van der Waals surface area contributed by atoms with Crippen molar-refractivity contribution in [1.82, 2.24) is 14.9 Å². The smallest absolute Gasteiger partial charge is 0.233 e. The molecule has 7 heteroatoms. The first-order chi connectivity index (χ1) is 12.5. The molecule has 138 valence electrons. The van der Waals surface area contributed by atoms with E-state index in [9.17, 15) is 4.79 Å². The Labute approximate surface area is 158 Å². The minimum atomic E-state index is 0.146. The van der Waals surface area contributed by atoms with Crippen LogP contribution in [0.1, 0.15) is 11.4 Å². The highest BCUT2D eigenvalue weighted by Crippen LogP contribution is 2.21. The van der Waals surface area contributed by atoms with E-state index in [0.29, 0.717) is 10.9 Å². The molecule has 26 heavy (non-hydrogen) atoms. The van der Waals surface area contributed by atoms with Crippen LogP contribution in [0.5, 0.6) is 5.75 Å². The predicted octanol–water partition coefficient (Wildman–Crippen LogP) is 2.54. The number of aryl methyl sites for hydroxylation is 2. The molecule has 3 rings (SSSR count). The molecule has 0 bridgehead atoms. The van der Waals surface area contributed by atoms with E-state index in [1.807, 2.05) is 36.9 Å². The van der Waals surface area contributed by atoms with Gasteiger partial charge in [0.15, 0.2) is 5.16 Å². The molecule has 2 heterocycles. The second-order valence-corrected chi connectivity index (χ2v) is 7.23. The Hall–Kier alpha value is -2.28. The molecular formula is C19H24N4O2S. The van der Waals surface area contributed by atoms with Gasteiger partial charge >= 0.3 is 0 Å². The minimum Gasteiger partial charge on any atom is -0.497 e. The summed E-state index contributed by atoms with van der Waals surface area (Å²) in [5.74, 6) is 1.38. The fourth-order valence-electron chi connectivity index (χ4n) is 2.98. The maximum absolute atomic E-state index is 12.5. The maximum Gasteiger partial charge on any atom is 0.233 e. The van der Waals surface area contributed by atoms with Crippen molar-refractivity contribution in [2.75, 3.05) is 43.9 Å². The fraction of sp³-hybridized carbons (Fsp3) is 0.421. The van der Waals surface area contributed by atoms with Gasteiger partial charge in [0.05, 0.1) is 12.9 Å². The van der Waals surface area contributed by atoms with Crippen LogP contribution in [0.2, 0.25) is 0 Å². The Kier molecular flexibility index (Phi) is 5.98. The summed E-state index contributed by atoms with van der Waals surface area (Å²) >= 11 is 1.41. The molecule has 0 aliphatic carbocycles. The molecule has 1 aromatic heterocycles. The first-order valence-corrected chi connectivity index (χ1v) is 9.65. The molecule has 1 aromatic carbocycles. The number of aromatic nitrogens is 2. The number of hydrogen-bond donors (Lipinski definition) is 0. The SMILES string of the molecule is COc1ccc(N2CCN(C(=O)CSc3nc(C)cc(C)n3)CC2)cc1. The van der Waals surface area contributed by atoms with Gasteiger partial charge in [-0.15, -0.1) is 0 Å². The van der Waals surface area contributed by atoms with Crippen molar-refractivity contribution < 1.29 is 9.53 Å². The zero-order valence-corrected chi connectivity index (χ0v) is 16.3. The number of methoxy groups -OCH3 is 1. The molecule has 2 aromatic rings. The quantitative estimate of drug-likeness (QED) is 0.594. The summed E-state index contributed by atoms with van der Waals surface area (Å²) in [7, 11) is 1.67. The van der Waals surface area contributed by atoms with Crippen molar-refractivity contribution in [3.05, 3.63) is 41.7 Å². The lowest BCUT2D eigenvalue weighted by Gasteiger charge is -2.36. The highest BCUT2D eigenvalue weighted by atomic mass is 32.2. The number of benzene rings is 1. The third-order valence-electron chi connectivity index (χ3n) is 4.36. The Balaban J connectivity index is 1.49. The van der Waals surface area contributed by atoms with Gasteiger partial charge in [-0.25, -0.2) is 9.97 Å². The second-order valence-electron chi connectivity index (χ2n) is 6.29. The lowest BCUT2D eigenvalue weighted by molar-refractivity contribution is -0.128. The van der Waals surface area contributed by atoms with Gasteiger partial charge in [0, 0.05) is 43.3 Å². The molecule has 1 aliphatic heterocycles. The minimum absolute atomic E-state index is 0.146. The zero-order chi connectivity index (χ0) is 18.5. The van der Waals surface area contributed by atoms with Crippen LogP contribution < -0.4 is 9.64 Å². The summed E-state index contributed by atoms with van der Waals surface area (Å²) in [4.78, 5) is 25.5. The van der Waals surface area contributed by atoms with Crippen LogP contribution in [0, 0.1) is 13.8 Å². The Morgan fingerprint density at radius 3 is 2.27 bits per heavy atom. The molecule has 1 amide bonds. The summed E-state index contributed by atoms with van der Waals surface area (Å²) in [6.45, 7) is 7.03. The largest absolute Gasteiger partial charge is 0.497 e. The third kappa shape index (κ3) is 4.66. The maximum atomic E-state index is 12.5. The number of rotatable bonds is 5.